The summed E-state index contributed by atoms with van der Waals surface area (Å²) in [6.07, 6.45) is 3.79. The number of hydrogen-bond donors (Lipinski definition) is 1. The monoisotopic (exact) mass is 526 g/mol. The number of imidazole rings is 1. The minimum Gasteiger partial charge on any atom is -0.495 e. The number of carbonyl (C=O) groups excluding carboxylic acids is 1. The molecular formula is C25H31ClN8O3. The van der Waals surface area contributed by atoms with E-state index in [-0.39, 0.29) is 0 Å². The Kier molecular flexibility index (Phi) is 7.33. The van der Waals surface area contributed by atoms with Crippen molar-refractivity contribution >= 4 is 35.2 Å². The predicted molar refractivity (Wildman–Crippen MR) is 142 cm³/mol. The Morgan fingerprint density at radius 2 is 1.86 bits per heavy atom. The number of benzene rings is 1. The molecule has 1 fully saturated rings. The van der Waals surface area contributed by atoms with E-state index in [0.29, 0.717) is 47.0 Å². The van der Waals surface area contributed by atoms with E-state index in [1.807, 2.05) is 30.6 Å². The first-order valence-electron chi connectivity index (χ1n) is 12.2. The average Bonchev–Trinajstić information content (AvgIpc) is 3.39. The van der Waals surface area contributed by atoms with Gasteiger partial charge in [-0.15, -0.1) is 0 Å². The number of ether oxygens (including phenoxy) is 2. The molecule has 12 heteroatoms. The maximum Gasteiger partial charge on any atom is 0.345 e. The Balaban J connectivity index is 1.53. The van der Waals surface area contributed by atoms with Gasteiger partial charge in [0.2, 0.25) is 5.95 Å². The lowest BCUT2D eigenvalue weighted by molar-refractivity contribution is 0.0601. The van der Waals surface area contributed by atoms with Crippen LogP contribution < -0.4 is 19.9 Å². The Hall–Kier alpha value is -3.57. The third-order valence-electron chi connectivity index (χ3n) is 6.77. The van der Waals surface area contributed by atoms with Crippen molar-refractivity contribution in [2.45, 2.75) is 19.6 Å². The Labute approximate surface area is 221 Å². The standard InChI is InChI=1S/C25H31ClN8O3/c1-31-8-10-33(11-9-31)23-21(24(35)37-3)22(28-15-17-4-5-19(36-2)18(26)14-17)29-25(30-23)34-13-12-32-7-6-27-20(32)16-34/h4-7,14H,8-13,15-16H2,1-3H3,(H,28,29,30). The molecule has 0 radical (unpaired) electrons. The van der Waals surface area contributed by atoms with Crippen LogP contribution in [0, 0.1) is 0 Å². The van der Waals surface area contributed by atoms with Crippen LogP contribution in [0.4, 0.5) is 17.6 Å². The summed E-state index contributed by atoms with van der Waals surface area (Å²) in [5.41, 5.74) is 1.25. The van der Waals surface area contributed by atoms with Crippen molar-refractivity contribution in [1.29, 1.82) is 0 Å². The van der Waals surface area contributed by atoms with E-state index in [1.54, 1.807) is 7.11 Å². The van der Waals surface area contributed by atoms with Crippen molar-refractivity contribution in [3.8, 4) is 5.75 Å². The summed E-state index contributed by atoms with van der Waals surface area (Å²) in [5.74, 6) is 2.62. The molecule has 2 aromatic heterocycles. The third-order valence-corrected chi connectivity index (χ3v) is 7.07. The molecule has 1 saturated heterocycles. The lowest BCUT2D eigenvalue weighted by Gasteiger charge is -2.35. The first-order valence-corrected chi connectivity index (χ1v) is 12.6. The van der Waals surface area contributed by atoms with Crippen LogP contribution in [-0.4, -0.2) is 84.4 Å². The van der Waals surface area contributed by atoms with Crippen molar-refractivity contribution in [1.82, 2.24) is 24.4 Å². The van der Waals surface area contributed by atoms with Crippen LogP contribution in [0.25, 0.3) is 0 Å². The first-order chi connectivity index (χ1) is 18.0. The molecule has 2 aliphatic heterocycles. The number of fused-ring (bicyclic) bond motifs is 1. The van der Waals surface area contributed by atoms with Gasteiger partial charge >= 0.3 is 5.97 Å². The highest BCUT2D eigenvalue weighted by Gasteiger charge is 2.30. The molecule has 196 valence electrons. The van der Waals surface area contributed by atoms with Crippen molar-refractivity contribution in [2.24, 2.45) is 0 Å². The van der Waals surface area contributed by atoms with Gasteiger partial charge in [0, 0.05) is 58.2 Å². The lowest BCUT2D eigenvalue weighted by atomic mass is 10.2. The highest BCUT2D eigenvalue weighted by atomic mass is 35.5. The zero-order chi connectivity index (χ0) is 25.9. The molecule has 1 N–H and O–H groups in total. The molecule has 3 aromatic rings. The number of methoxy groups -OCH3 is 2. The summed E-state index contributed by atoms with van der Waals surface area (Å²) in [6, 6.07) is 5.57. The van der Waals surface area contributed by atoms with Crippen LogP contribution in [0.15, 0.2) is 30.6 Å². The molecule has 0 saturated carbocycles. The molecule has 0 amide bonds. The quantitative estimate of drug-likeness (QED) is 0.462. The number of aromatic nitrogens is 4. The SMILES string of the molecule is COC(=O)c1c(NCc2ccc(OC)c(Cl)c2)nc(N2CCn3ccnc3C2)nc1N1CCN(C)CC1. The van der Waals surface area contributed by atoms with E-state index in [2.05, 4.69) is 36.6 Å². The van der Waals surface area contributed by atoms with Crippen molar-refractivity contribution in [3.63, 3.8) is 0 Å². The van der Waals surface area contributed by atoms with E-state index < -0.39 is 5.97 Å². The number of carbonyl (C=O) groups is 1. The van der Waals surface area contributed by atoms with Crippen LogP contribution in [-0.2, 0) is 24.4 Å². The van der Waals surface area contributed by atoms with Gasteiger partial charge in [-0.2, -0.15) is 9.97 Å². The Morgan fingerprint density at radius 3 is 2.59 bits per heavy atom. The van der Waals surface area contributed by atoms with Crippen molar-refractivity contribution < 1.29 is 14.3 Å². The summed E-state index contributed by atoms with van der Waals surface area (Å²) >= 11 is 6.33. The van der Waals surface area contributed by atoms with Gasteiger partial charge in [-0.3, -0.25) is 0 Å². The summed E-state index contributed by atoms with van der Waals surface area (Å²) in [4.78, 5) is 33.8. The van der Waals surface area contributed by atoms with E-state index in [0.717, 1.165) is 50.7 Å². The van der Waals surface area contributed by atoms with Gasteiger partial charge in [0.05, 0.1) is 25.8 Å². The summed E-state index contributed by atoms with van der Waals surface area (Å²) in [5, 5.41) is 3.87. The molecule has 0 atom stereocenters. The summed E-state index contributed by atoms with van der Waals surface area (Å²) in [7, 11) is 5.05. The van der Waals surface area contributed by atoms with E-state index in [9.17, 15) is 4.79 Å². The third kappa shape index (κ3) is 5.28. The molecule has 1 aromatic carbocycles. The fourth-order valence-corrected chi connectivity index (χ4v) is 4.87. The molecule has 4 heterocycles. The maximum absolute atomic E-state index is 13.1. The molecule has 11 nitrogen and oxygen atoms in total. The van der Waals surface area contributed by atoms with Gasteiger partial charge in [0.1, 0.15) is 23.0 Å². The molecule has 0 bridgehead atoms. The normalized spacial score (nSPS) is 15.9. The van der Waals surface area contributed by atoms with Crippen molar-refractivity contribution in [2.75, 3.05) is 69.1 Å². The summed E-state index contributed by atoms with van der Waals surface area (Å²) < 4.78 is 12.6. The number of esters is 1. The number of hydrogen-bond acceptors (Lipinski definition) is 10. The topological polar surface area (TPSA) is 101 Å². The van der Waals surface area contributed by atoms with Gasteiger partial charge in [-0.25, -0.2) is 9.78 Å². The number of nitrogens with one attached hydrogen (secondary N) is 1. The Morgan fingerprint density at radius 1 is 1.08 bits per heavy atom. The van der Waals surface area contributed by atoms with E-state index >= 15 is 0 Å². The highest BCUT2D eigenvalue weighted by molar-refractivity contribution is 6.32. The minimum atomic E-state index is -0.482. The smallest absolute Gasteiger partial charge is 0.345 e. The number of likely N-dealkylation sites (N-methyl/N-ethyl adjacent to an activating group) is 1. The fourth-order valence-electron chi connectivity index (χ4n) is 4.59. The number of anilines is 3. The summed E-state index contributed by atoms with van der Waals surface area (Å²) in [6.45, 7) is 5.73. The van der Waals surface area contributed by atoms with Crippen LogP contribution in [0.3, 0.4) is 0 Å². The minimum absolute atomic E-state index is 0.328. The number of nitrogens with zero attached hydrogens (tertiary/aromatic N) is 7. The van der Waals surface area contributed by atoms with Crippen LogP contribution in [0.5, 0.6) is 5.75 Å². The molecule has 37 heavy (non-hydrogen) atoms. The van der Waals surface area contributed by atoms with Crippen LogP contribution in [0.1, 0.15) is 21.7 Å². The molecule has 0 aliphatic carbocycles. The van der Waals surface area contributed by atoms with Gasteiger partial charge in [-0.05, 0) is 24.7 Å². The fraction of sp³-hybridized carbons (Fsp3) is 0.440. The number of halogens is 1. The second-order valence-electron chi connectivity index (χ2n) is 9.13. The van der Waals surface area contributed by atoms with Crippen LogP contribution >= 0.6 is 11.6 Å². The molecule has 5 rings (SSSR count). The second kappa shape index (κ2) is 10.8. The van der Waals surface area contributed by atoms with Gasteiger partial charge in [-0.1, -0.05) is 17.7 Å². The highest BCUT2D eigenvalue weighted by Crippen LogP contribution is 2.31. The first kappa shape index (κ1) is 25.1. The average molecular weight is 527 g/mol. The molecule has 0 spiro atoms. The largest absolute Gasteiger partial charge is 0.495 e. The zero-order valence-electron chi connectivity index (χ0n) is 21.3. The van der Waals surface area contributed by atoms with Gasteiger partial charge < -0.3 is 34.1 Å². The van der Waals surface area contributed by atoms with Gasteiger partial charge in [0.25, 0.3) is 0 Å². The maximum atomic E-state index is 13.1. The second-order valence-corrected chi connectivity index (χ2v) is 9.54. The molecule has 0 unspecified atom stereocenters. The van der Waals surface area contributed by atoms with Crippen molar-refractivity contribution in [3.05, 3.63) is 52.6 Å². The molecule has 2 aliphatic rings. The van der Waals surface area contributed by atoms with Crippen LogP contribution in [0.2, 0.25) is 5.02 Å². The number of piperazine rings is 1. The Bertz CT molecular complexity index is 1270. The number of rotatable bonds is 7. The predicted octanol–water partition coefficient (Wildman–Crippen LogP) is 2.51. The zero-order valence-corrected chi connectivity index (χ0v) is 22.0. The van der Waals surface area contributed by atoms with E-state index in [1.165, 1.54) is 7.11 Å². The van der Waals surface area contributed by atoms with E-state index in [4.69, 9.17) is 31.0 Å². The lowest BCUT2D eigenvalue weighted by Crippen LogP contribution is -2.45. The van der Waals surface area contributed by atoms with Gasteiger partial charge in [0.15, 0.2) is 5.82 Å². The molecular weight excluding hydrogens is 496 g/mol.